The van der Waals surface area contributed by atoms with Gasteiger partial charge >= 0.3 is 0 Å². The Hall–Kier alpha value is -1.05. The molecule has 13 heavy (non-hydrogen) atoms. The van der Waals surface area contributed by atoms with E-state index in [1.54, 1.807) is 0 Å². The van der Waals surface area contributed by atoms with Crippen molar-refractivity contribution in [2.45, 2.75) is 19.3 Å². The van der Waals surface area contributed by atoms with Gasteiger partial charge in [0.25, 0.3) is 0 Å². The number of hydrogen-bond acceptors (Lipinski definition) is 1. The van der Waals surface area contributed by atoms with Crippen LogP contribution in [0.15, 0.2) is 23.9 Å². The molecule has 2 nitrogen and oxygen atoms in total. The van der Waals surface area contributed by atoms with Crippen LogP contribution in [0.5, 0.6) is 0 Å². The third kappa shape index (κ3) is 0.978. The van der Waals surface area contributed by atoms with Crippen molar-refractivity contribution in [1.82, 2.24) is 4.90 Å². The molecule has 0 unspecified atom stereocenters. The summed E-state index contributed by atoms with van der Waals surface area (Å²) in [4.78, 5) is 13.6. The normalized spacial score (nSPS) is 36.2. The molecule has 0 aromatic rings. The molecular formula is C11H13NO. The first kappa shape index (κ1) is 7.36. The van der Waals surface area contributed by atoms with Crippen LogP contribution in [0.2, 0.25) is 0 Å². The number of carbonyl (C=O) groups excluding carboxylic acids is 1. The Labute approximate surface area is 77.9 Å². The molecule has 0 spiro atoms. The fraction of sp³-hybridized carbons (Fsp3) is 0.545. The van der Waals surface area contributed by atoms with Gasteiger partial charge in [-0.25, -0.2) is 0 Å². The number of fused-ring (bicyclic) bond motifs is 4. The average Bonchev–Trinajstić information content (AvgIpc) is 2.51. The number of nitrogens with zero attached hydrogens (tertiary/aromatic N) is 1. The van der Waals surface area contributed by atoms with Crippen molar-refractivity contribution in [2.75, 3.05) is 6.54 Å². The molecule has 3 aliphatic rings. The molecule has 0 N–H and O–H groups in total. The van der Waals surface area contributed by atoms with Gasteiger partial charge in [-0.2, -0.15) is 0 Å². The van der Waals surface area contributed by atoms with Gasteiger partial charge in [0.1, 0.15) is 0 Å². The van der Waals surface area contributed by atoms with E-state index < -0.39 is 0 Å². The van der Waals surface area contributed by atoms with Crippen LogP contribution < -0.4 is 0 Å². The summed E-state index contributed by atoms with van der Waals surface area (Å²) < 4.78 is 0. The van der Waals surface area contributed by atoms with Crippen LogP contribution in [0.25, 0.3) is 0 Å². The third-order valence-corrected chi connectivity index (χ3v) is 3.29. The first-order chi connectivity index (χ1) is 6.34. The zero-order valence-electron chi connectivity index (χ0n) is 7.57. The minimum atomic E-state index is 0.330. The molecule has 2 aliphatic heterocycles. The maximum absolute atomic E-state index is 11.6. The third-order valence-electron chi connectivity index (χ3n) is 3.29. The Balaban J connectivity index is 2.00. The lowest BCUT2D eigenvalue weighted by atomic mass is 9.90. The summed E-state index contributed by atoms with van der Waals surface area (Å²) in [6.45, 7) is 0.928. The summed E-state index contributed by atoms with van der Waals surface area (Å²) in [5, 5.41) is 0. The van der Waals surface area contributed by atoms with Crippen molar-refractivity contribution >= 4 is 5.91 Å². The van der Waals surface area contributed by atoms with Gasteiger partial charge in [0.05, 0.1) is 0 Å². The second-order valence-corrected chi connectivity index (χ2v) is 4.16. The van der Waals surface area contributed by atoms with Gasteiger partial charge in [-0.1, -0.05) is 18.2 Å². The predicted octanol–water partition coefficient (Wildman–Crippen LogP) is 1.70. The first-order valence-corrected chi connectivity index (χ1v) is 5.03. The fourth-order valence-electron chi connectivity index (χ4n) is 2.66. The number of carbonyl (C=O) groups is 1. The number of rotatable bonds is 0. The maximum Gasteiger partial charge on any atom is 0.227 e. The van der Waals surface area contributed by atoms with Crippen molar-refractivity contribution < 1.29 is 4.79 Å². The van der Waals surface area contributed by atoms with Gasteiger partial charge in [-0.15, -0.1) is 0 Å². The van der Waals surface area contributed by atoms with E-state index in [0.717, 1.165) is 13.0 Å². The van der Waals surface area contributed by atoms with E-state index in [2.05, 4.69) is 18.2 Å². The second-order valence-electron chi connectivity index (χ2n) is 4.16. The molecule has 1 amide bonds. The van der Waals surface area contributed by atoms with Crippen molar-refractivity contribution in [1.29, 1.82) is 0 Å². The molecule has 1 fully saturated rings. The summed E-state index contributed by atoms with van der Waals surface area (Å²) >= 11 is 0. The van der Waals surface area contributed by atoms with E-state index in [-0.39, 0.29) is 0 Å². The molecule has 2 atom stereocenters. The summed E-state index contributed by atoms with van der Waals surface area (Å²) in [6, 6.07) is 0. The summed E-state index contributed by atoms with van der Waals surface area (Å²) in [7, 11) is 0. The van der Waals surface area contributed by atoms with Gasteiger partial charge in [0, 0.05) is 24.6 Å². The van der Waals surface area contributed by atoms with Gasteiger partial charge in [-0.3, -0.25) is 4.79 Å². The fourth-order valence-corrected chi connectivity index (χ4v) is 2.66. The van der Waals surface area contributed by atoms with Gasteiger partial charge in [-0.05, 0) is 18.8 Å². The number of allylic oxidation sites excluding steroid dienone is 2. The largest absolute Gasteiger partial charge is 0.315 e. The molecule has 3 rings (SSSR count). The van der Waals surface area contributed by atoms with Gasteiger partial charge in [0.2, 0.25) is 5.91 Å². The second kappa shape index (κ2) is 2.47. The van der Waals surface area contributed by atoms with Crippen LogP contribution in [-0.2, 0) is 4.79 Å². The Morgan fingerprint density at radius 1 is 1.38 bits per heavy atom. The highest BCUT2D eigenvalue weighted by Gasteiger charge is 2.36. The van der Waals surface area contributed by atoms with Gasteiger partial charge < -0.3 is 4.90 Å². The molecule has 2 heterocycles. The van der Waals surface area contributed by atoms with Gasteiger partial charge in [0.15, 0.2) is 0 Å². The van der Waals surface area contributed by atoms with E-state index in [9.17, 15) is 4.79 Å². The van der Waals surface area contributed by atoms with Crippen LogP contribution in [0.1, 0.15) is 19.3 Å². The molecule has 2 heteroatoms. The highest BCUT2D eigenvalue weighted by Crippen LogP contribution is 2.39. The lowest BCUT2D eigenvalue weighted by Crippen LogP contribution is -2.41. The molecule has 0 saturated carbocycles. The van der Waals surface area contributed by atoms with Crippen molar-refractivity contribution in [2.24, 2.45) is 11.8 Å². The van der Waals surface area contributed by atoms with E-state index >= 15 is 0 Å². The highest BCUT2D eigenvalue weighted by molar-refractivity contribution is 5.80. The maximum atomic E-state index is 11.6. The van der Waals surface area contributed by atoms with Crippen LogP contribution in [0.3, 0.4) is 0 Å². The zero-order valence-corrected chi connectivity index (χ0v) is 7.57. The van der Waals surface area contributed by atoms with E-state index in [0.29, 0.717) is 24.2 Å². The molecule has 0 radical (unpaired) electrons. The SMILES string of the molecule is O=C1CCC=C2[C@H]3C=C[C@H](C3)CN12. The Kier molecular flexibility index (Phi) is 1.40. The highest BCUT2D eigenvalue weighted by atomic mass is 16.2. The summed E-state index contributed by atoms with van der Waals surface area (Å²) in [5.41, 5.74) is 1.28. The monoisotopic (exact) mass is 175 g/mol. The number of amides is 1. The lowest BCUT2D eigenvalue weighted by molar-refractivity contribution is -0.131. The lowest BCUT2D eigenvalue weighted by Gasteiger charge is -2.37. The molecule has 2 bridgehead atoms. The molecule has 1 aliphatic carbocycles. The average molecular weight is 175 g/mol. The minimum absolute atomic E-state index is 0.330. The van der Waals surface area contributed by atoms with Crippen molar-refractivity contribution in [3.05, 3.63) is 23.9 Å². The predicted molar refractivity (Wildman–Crippen MR) is 49.8 cm³/mol. The number of piperidine rings is 1. The van der Waals surface area contributed by atoms with E-state index in [1.165, 1.54) is 12.1 Å². The smallest absolute Gasteiger partial charge is 0.227 e. The Morgan fingerprint density at radius 2 is 2.31 bits per heavy atom. The van der Waals surface area contributed by atoms with Crippen LogP contribution in [0.4, 0.5) is 0 Å². The number of hydrogen-bond donors (Lipinski definition) is 0. The van der Waals surface area contributed by atoms with Crippen LogP contribution in [-0.4, -0.2) is 17.4 Å². The van der Waals surface area contributed by atoms with E-state index in [4.69, 9.17) is 0 Å². The molecule has 68 valence electrons. The molecular weight excluding hydrogens is 162 g/mol. The molecule has 0 aromatic heterocycles. The molecule has 0 aromatic carbocycles. The summed E-state index contributed by atoms with van der Waals surface area (Å²) in [5.74, 6) is 1.50. The zero-order chi connectivity index (χ0) is 8.84. The molecule has 1 saturated heterocycles. The standard InChI is InChI=1S/C11H13NO/c13-11-3-1-2-10-9-5-4-8(6-9)7-12(10)11/h2,4-5,8-9H,1,3,6-7H2/t8-,9+/m1/s1. The summed E-state index contributed by atoms with van der Waals surface area (Å²) in [6.07, 6.45) is 9.68. The van der Waals surface area contributed by atoms with Crippen LogP contribution >= 0.6 is 0 Å². The van der Waals surface area contributed by atoms with Crippen molar-refractivity contribution in [3.63, 3.8) is 0 Å². The first-order valence-electron chi connectivity index (χ1n) is 5.03. The Bertz CT molecular complexity index is 316. The quantitative estimate of drug-likeness (QED) is 0.513. The van der Waals surface area contributed by atoms with E-state index in [1.807, 2.05) is 4.90 Å². The topological polar surface area (TPSA) is 20.3 Å². The Morgan fingerprint density at radius 3 is 3.23 bits per heavy atom. The van der Waals surface area contributed by atoms with Crippen molar-refractivity contribution in [3.8, 4) is 0 Å². The minimum Gasteiger partial charge on any atom is -0.315 e. The van der Waals surface area contributed by atoms with Crippen LogP contribution in [0, 0.1) is 11.8 Å².